The second-order valence-electron chi connectivity index (χ2n) is 18.7. The van der Waals surface area contributed by atoms with E-state index in [9.17, 15) is 0 Å². The number of nitrogens with zero attached hydrogens (tertiary/aromatic N) is 3. The van der Waals surface area contributed by atoms with Gasteiger partial charge in [0.25, 0.3) is 0 Å². The fraction of sp³-hybridized carbons (Fsp3) is 0.133. The van der Waals surface area contributed by atoms with Crippen molar-refractivity contribution in [3.05, 3.63) is 205 Å². The molecule has 64 heavy (non-hydrogen) atoms. The molecular weight excluding hydrogens is 958 g/mol. The first-order valence-electron chi connectivity index (χ1n) is 21.8. The minimum Gasteiger partial charge on any atom is -0.656 e. The van der Waals surface area contributed by atoms with Crippen molar-refractivity contribution < 1.29 is 21.1 Å². The molecule has 3 nitrogen and oxygen atoms in total. The zero-order valence-electron chi connectivity index (χ0n) is 37.1. The average molecular weight is 1010 g/mol. The Kier molecular flexibility index (Phi) is 11.4. The van der Waals surface area contributed by atoms with Crippen molar-refractivity contribution in [3.63, 3.8) is 0 Å². The van der Waals surface area contributed by atoms with Gasteiger partial charge in [0, 0.05) is 6.20 Å². The Hall–Kier alpha value is -6.67. The Morgan fingerprint density at radius 3 is 1.34 bits per heavy atom. The van der Waals surface area contributed by atoms with Crippen molar-refractivity contribution in [2.75, 3.05) is 0 Å². The number of benzene rings is 7. The summed E-state index contributed by atoms with van der Waals surface area (Å²) in [6, 6.07) is 68.4. The maximum atomic E-state index is 5.62. The number of hydrogen-bond acceptors (Lipinski definition) is 2. The van der Waals surface area contributed by atoms with Crippen molar-refractivity contribution >= 4 is 21.8 Å². The second-order valence-corrected chi connectivity index (χ2v) is 18.7. The van der Waals surface area contributed by atoms with Gasteiger partial charge in [-0.25, -0.2) is 0 Å². The topological polar surface area (TPSA) is 39.9 Å². The van der Waals surface area contributed by atoms with Gasteiger partial charge >= 0.3 is 21.1 Å². The van der Waals surface area contributed by atoms with Crippen LogP contribution < -0.4 is 4.98 Å². The molecule has 0 radical (unpaired) electrons. The summed E-state index contributed by atoms with van der Waals surface area (Å²) in [4.78, 5) is 16.1. The Balaban J connectivity index is 0.00000518. The molecule has 0 bridgehead atoms. The predicted molar refractivity (Wildman–Crippen MR) is 265 cm³/mol. The van der Waals surface area contributed by atoms with Gasteiger partial charge in [-0.15, -0.1) is 46.9 Å². The van der Waals surface area contributed by atoms with Crippen LogP contribution in [0.5, 0.6) is 0 Å². The van der Waals surface area contributed by atoms with E-state index in [1.807, 2.05) is 18.3 Å². The molecular formula is C60H49N3Pt. The third-order valence-corrected chi connectivity index (χ3v) is 12.2. The van der Waals surface area contributed by atoms with Crippen LogP contribution in [0.25, 0.3) is 100 Å². The molecule has 0 saturated heterocycles. The van der Waals surface area contributed by atoms with Gasteiger partial charge < -0.3 is 4.98 Å². The maximum Gasteiger partial charge on any atom is 2.00 e. The summed E-state index contributed by atoms with van der Waals surface area (Å²) >= 11 is 0. The smallest absolute Gasteiger partial charge is 0.656 e. The van der Waals surface area contributed by atoms with Crippen molar-refractivity contribution in [2.24, 2.45) is 0 Å². The molecule has 0 atom stereocenters. The van der Waals surface area contributed by atoms with E-state index in [2.05, 4.69) is 217 Å². The third kappa shape index (κ3) is 8.41. The van der Waals surface area contributed by atoms with E-state index >= 15 is 0 Å². The predicted octanol–water partition coefficient (Wildman–Crippen LogP) is 15.8. The maximum absolute atomic E-state index is 5.62. The molecule has 10 rings (SSSR count). The first-order valence-corrected chi connectivity index (χ1v) is 21.8. The molecule has 314 valence electrons. The van der Waals surface area contributed by atoms with Crippen LogP contribution in [-0.4, -0.2) is 9.97 Å². The molecule has 0 aliphatic rings. The molecule has 0 fully saturated rings. The molecule has 7 aromatic carbocycles. The molecule has 0 spiro atoms. The van der Waals surface area contributed by atoms with Gasteiger partial charge in [0.2, 0.25) is 0 Å². The zero-order chi connectivity index (χ0) is 43.3. The van der Waals surface area contributed by atoms with Crippen LogP contribution in [-0.2, 0) is 31.9 Å². The Labute approximate surface area is 391 Å². The summed E-state index contributed by atoms with van der Waals surface area (Å²) < 4.78 is 0. The SMILES string of the molecule is CC(C)(C)c1cc(-c2cc(-c3ccc(-c4ccccc4)cc3)ccn2)c2[n-]c3c(-c4cc(-c5ccc(-c6ccccc6)cc5)cc(-c5[c-]cccc5)n4)cc(C(C)(C)C)cc3c2c1.[Pt+2]. The van der Waals surface area contributed by atoms with E-state index in [0.717, 1.165) is 77.8 Å². The van der Waals surface area contributed by atoms with Gasteiger partial charge in [0.05, 0.1) is 11.4 Å². The van der Waals surface area contributed by atoms with Crippen LogP contribution in [0, 0.1) is 6.07 Å². The third-order valence-electron chi connectivity index (χ3n) is 12.2. The van der Waals surface area contributed by atoms with Crippen LogP contribution >= 0.6 is 0 Å². The van der Waals surface area contributed by atoms with E-state index in [1.165, 1.54) is 33.4 Å². The number of hydrogen-bond donors (Lipinski definition) is 0. The minimum atomic E-state index is -0.135. The van der Waals surface area contributed by atoms with Gasteiger partial charge in [-0.1, -0.05) is 181 Å². The van der Waals surface area contributed by atoms with Crippen LogP contribution in [0.15, 0.2) is 188 Å². The number of fused-ring (bicyclic) bond motifs is 3. The molecule has 0 unspecified atom stereocenters. The Bertz CT molecular complexity index is 3250. The van der Waals surface area contributed by atoms with Gasteiger partial charge in [0.15, 0.2) is 0 Å². The largest absolute Gasteiger partial charge is 2.00 e. The molecule has 0 saturated carbocycles. The summed E-state index contributed by atoms with van der Waals surface area (Å²) in [6.45, 7) is 13.7. The molecule has 0 N–H and O–H groups in total. The summed E-state index contributed by atoms with van der Waals surface area (Å²) in [5, 5.41) is 2.25. The molecule has 0 aliphatic carbocycles. The second kappa shape index (κ2) is 17.1. The van der Waals surface area contributed by atoms with Crippen molar-refractivity contribution in [3.8, 4) is 78.3 Å². The quantitative estimate of drug-likeness (QED) is 0.149. The minimum absolute atomic E-state index is 0. The van der Waals surface area contributed by atoms with Gasteiger partial charge in [0.1, 0.15) is 0 Å². The number of aromatic nitrogens is 3. The molecule has 4 heteroatoms. The standard InChI is InChI=1S/C60H49N3.Pt/c1-59(2,3)48-35-50-51-36-49(60(4,5)6)38-53(56-34-47(33-54(62-56)45-20-14-9-15-21-45)44-28-24-42(25-29-44)40-18-12-8-13-19-40)58(51)63-57(50)52(37-48)55-32-46(30-31-61-55)43-26-22-41(23-27-43)39-16-10-7-11-17-39;/h7-20,22-38H,1-6H3;/q-2;+2. The van der Waals surface area contributed by atoms with Gasteiger partial charge in [-0.2, -0.15) is 0 Å². The fourth-order valence-corrected chi connectivity index (χ4v) is 8.54. The number of pyridine rings is 2. The normalized spacial score (nSPS) is 11.8. The monoisotopic (exact) mass is 1010 g/mol. The molecule has 0 aliphatic heterocycles. The van der Waals surface area contributed by atoms with E-state index in [0.29, 0.717) is 0 Å². The summed E-state index contributed by atoms with van der Waals surface area (Å²) in [5.41, 5.74) is 19.0. The van der Waals surface area contributed by atoms with E-state index in [4.69, 9.17) is 15.0 Å². The van der Waals surface area contributed by atoms with Crippen LogP contribution in [0.2, 0.25) is 0 Å². The first-order chi connectivity index (χ1) is 30.5. The van der Waals surface area contributed by atoms with Crippen molar-refractivity contribution in [2.45, 2.75) is 52.4 Å². The van der Waals surface area contributed by atoms with Gasteiger partial charge in [-0.05, 0) is 112 Å². The van der Waals surface area contributed by atoms with Crippen LogP contribution in [0.1, 0.15) is 52.7 Å². The molecule has 0 amide bonds. The zero-order valence-corrected chi connectivity index (χ0v) is 39.3. The Morgan fingerprint density at radius 1 is 0.406 bits per heavy atom. The summed E-state index contributed by atoms with van der Waals surface area (Å²) in [7, 11) is 0. The fourth-order valence-electron chi connectivity index (χ4n) is 8.54. The van der Waals surface area contributed by atoms with Gasteiger partial charge in [-0.3, -0.25) is 9.97 Å². The van der Waals surface area contributed by atoms with E-state index < -0.39 is 0 Å². The van der Waals surface area contributed by atoms with Crippen LogP contribution in [0.3, 0.4) is 0 Å². The molecule has 3 heterocycles. The summed E-state index contributed by atoms with van der Waals surface area (Å²) in [6.07, 6.45) is 1.93. The summed E-state index contributed by atoms with van der Waals surface area (Å²) in [5.74, 6) is 0. The molecule has 10 aromatic rings. The Morgan fingerprint density at radius 2 is 0.844 bits per heavy atom. The van der Waals surface area contributed by atoms with Crippen LogP contribution in [0.4, 0.5) is 0 Å². The van der Waals surface area contributed by atoms with E-state index in [-0.39, 0.29) is 31.9 Å². The van der Waals surface area contributed by atoms with Crippen molar-refractivity contribution in [1.29, 1.82) is 0 Å². The van der Waals surface area contributed by atoms with E-state index in [1.54, 1.807) is 0 Å². The molecule has 3 aromatic heterocycles. The number of rotatable bonds is 7. The van der Waals surface area contributed by atoms with Crippen molar-refractivity contribution in [1.82, 2.24) is 15.0 Å². The average Bonchev–Trinajstić information content (AvgIpc) is 3.70. The first kappa shape index (κ1) is 42.6.